The molecular formula is C10H7N3O4. The van der Waals surface area contributed by atoms with E-state index in [0.29, 0.717) is 10.8 Å². The molecule has 7 heteroatoms. The molecule has 86 valence electrons. The molecule has 0 radical (unpaired) electrons. The van der Waals surface area contributed by atoms with Gasteiger partial charge in [-0.2, -0.15) is 0 Å². The van der Waals surface area contributed by atoms with Crippen molar-refractivity contribution in [1.29, 1.82) is 0 Å². The second-order valence-corrected chi connectivity index (χ2v) is 3.26. The molecule has 0 saturated carbocycles. The van der Waals surface area contributed by atoms with Gasteiger partial charge in [-0.3, -0.25) is 0 Å². The van der Waals surface area contributed by atoms with Crippen molar-refractivity contribution >= 4 is 16.5 Å². The highest BCUT2D eigenvalue weighted by Gasteiger charge is 2.31. The van der Waals surface area contributed by atoms with Crippen molar-refractivity contribution in [2.75, 3.05) is 5.12 Å². The minimum atomic E-state index is -1.05. The zero-order valence-electron chi connectivity index (χ0n) is 8.52. The van der Waals surface area contributed by atoms with Crippen molar-refractivity contribution in [2.24, 2.45) is 0 Å². The molecule has 0 bridgehead atoms. The van der Waals surface area contributed by atoms with Gasteiger partial charge in [0.05, 0.1) is 0 Å². The van der Waals surface area contributed by atoms with Crippen LogP contribution in [0.3, 0.4) is 0 Å². The highest BCUT2D eigenvalue weighted by atomic mass is 16.8. The predicted octanol–water partition coefficient (Wildman–Crippen LogP) is 2.03. The Balaban J connectivity index is 2.69. The monoisotopic (exact) mass is 233 g/mol. The number of fused-ring (bicyclic) bond motifs is 1. The molecule has 0 aliphatic rings. The van der Waals surface area contributed by atoms with Crippen LogP contribution in [0.15, 0.2) is 42.5 Å². The average molecular weight is 233 g/mol. The Morgan fingerprint density at radius 1 is 0.882 bits per heavy atom. The maximum absolute atomic E-state index is 10.7. The fourth-order valence-corrected chi connectivity index (χ4v) is 1.62. The summed E-state index contributed by atoms with van der Waals surface area (Å²) in [5.41, 5.74) is -0.0573. The number of rotatable bonds is 3. The van der Waals surface area contributed by atoms with Gasteiger partial charge in [0, 0.05) is 5.39 Å². The van der Waals surface area contributed by atoms with Gasteiger partial charge in [-0.25, -0.2) is 20.2 Å². The van der Waals surface area contributed by atoms with Crippen LogP contribution in [0, 0.1) is 20.2 Å². The van der Waals surface area contributed by atoms with Crippen LogP contribution in [0.4, 0.5) is 5.69 Å². The summed E-state index contributed by atoms with van der Waals surface area (Å²) in [5, 5.41) is 20.3. The minimum absolute atomic E-state index is 0.0573. The molecule has 0 atom stereocenters. The predicted molar refractivity (Wildman–Crippen MR) is 60.4 cm³/mol. The van der Waals surface area contributed by atoms with Gasteiger partial charge in [-0.1, -0.05) is 36.4 Å². The number of nitrogens with zero attached hydrogens (tertiary/aromatic N) is 3. The number of hydrogen-bond donors (Lipinski definition) is 0. The van der Waals surface area contributed by atoms with Crippen molar-refractivity contribution in [3.05, 3.63) is 62.7 Å². The van der Waals surface area contributed by atoms with Crippen molar-refractivity contribution in [3.63, 3.8) is 0 Å². The third-order valence-corrected chi connectivity index (χ3v) is 2.29. The van der Waals surface area contributed by atoms with Crippen LogP contribution in [-0.4, -0.2) is 10.1 Å². The van der Waals surface area contributed by atoms with E-state index < -0.39 is 10.1 Å². The standard InChI is InChI=1S/C10H7N3O4/c14-12(15)11(13(16)17)10-7-3-5-8-4-1-2-6-9(8)10/h1-7H. The van der Waals surface area contributed by atoms with Crippen LogP contribution in [0.2, 0.25) is 0 Å². The lowest BCUT2D eigenvalue weighted by atomic mass is 10.1. The van der Waals surface area contributed by atoms with Crippen LogP contribution in [0.25, 0.3) is 10.8 Å². The molecule has 0 fully saturated rings. The van der Waals surface area contributed by atoms with E-state index in [9.17, 15) is 20.2 Å². The average Bonchev–Trinajstić information content (AvgIpc) is 2.28. The van der Waals surface area contributed by atoms with E-state index >= 15 is 0 Å². The molecular weight excluding hydrogens is 226 g/mol. The zero-order chi connectivity index (χ0) is 12.4. The normalized spacial score (nSPS) is 10.1. The van der Waals surface area contributed by atoms with Crippen LogP contribution in [0.1, 0.15) is 0 Å². The first-order valence-corrected chi connectivity index (χ1v) is 4.68. The summed E-state index contributed by atoms with van der Waals surface area (Å²) in [5.74, 6) is 0. The van der Waals surface area contributed by atoms with E-state index in [1.54, 1.807) is 30.3 Å². The molecule has 0 aliphatic heterocycles. The summed E-state index contributed by atoms with van der Waals surface area (Å²) in [7, 11) is 0. The molecule has 0 aromatic heterocycles. The van der Waals surface area contributed by atoms with Crippen molar-refractivity contribution < 1.29 is 10.1 Å². The largest absolute Gasteiger partial charge is 0.230 e. The Kier molecular flexibility index (Phi) is 2.57. The summed E-state index contributed by atoms with van der Waals surface area (Å²) in [6.45, 7) is 0. The first-order valence-electron chi connectivity index (χ1n) is 4.68. The number of hydrogen-bond acceptors (Lipinski definition) is 4. The van der Waals surface area contributed by atoms with Gasteiger partial charge in [-0.15, -0.1) is 0 Å². The second kappa shape index (κ2) is 4.05. The third kappa shape index (κ3) is 1.85. The van der Waals surface area contributed by atoms with E-state index in [-0.39, 0.29) is 10.8 Å². The molecule has 0 N–H and O–H groups in total. The molecule has 0 aliphatic carbocycles. The summed E-state index contributed by atoms with van der Waals surface area (Å²) < 4.78 is 0. The van der Waals surface area contributed by atoms with E-state index in [1.807, 2.05) is 0 Å². The summed E-state index contributed by atoms with van der Waals surface area (Å²) in [6, 6.07) is 11.4. The van der Waals surface area contributed by atoms with Gasteiger partial charge in [0.1, 0.15) is 0 Å². The van der Waals surface area contributed by atoms with Gasteiger partial charge in [0.15, 0.2) is 5.69 Å². The van der Waals surface area contributed by atoms with Crippen LogP contribution >= 0.6 is 0 Å². The maximum Gasteiger partial charge on any atom is 0.228 e. The van der Waals surface area contributed by atoms with Crippen molar-refractivity contribution in [1.82, 2.24) is 0 Å². The molecule has 7 nitrogen and oxygen atoms in total. The minimum Gasteiger partial charge on any atom is -0.230 e. The molecule has 0 heterocycles. The van der Waals surface area contributed by atoms with Gasteiger partial charge in [0.2, 0.25) is 15.2 Å². The van der Waals surface area contributed by atoms with Crippen molar-refractivity contribution in [3.8, 4) is 0 Å². The number of hydrazine groups is 2. The second-order valence-electron chi connectivity index (χ2n) is 3.26. The number of anilines is 1. The summed E-state index contributed by atoms with van der Waals surface area (Å²) in [4.78, 5) is 21.3. The van der Waals surface area contributed by atoms with Crippen molar-refractivity contribution in [2.45, 2.75) is 0 Å². The number of benzene rings is 2. The lowest BCUT2D eigenvalue weighted by Gasteiger charge is -2.06. The Labute approximate surface area is 95.1 Å². The summed E-state index contributed by atoms with van der Waals surface area (Å²) >= 11 is 0. The molecule has 2 aromatic rings. The Bertz CT molecular complexity index is 580. The molecule has 0 saturated heterocycles. The zero-order valence-corrected chi connectivity index (χ0v) is 8.52. The van der Waals surface area contributed by atoms with E-state index in [4.69, 9.17) is 0 Å². The smallest absolute Gasteiger partial charge is 0.228 e. The fraction of sp³-hybridized carbons (Fsp3) is 0. The molecule has 0 unspecified atom stereocenters. The summed E-state index contributed by atoms with van der Waals surface area (Å²) in [6.07, 6.45) is 0. The molecule has 0 amide bonds. The molecule has 17 heavy (non-hydrogen) atoms. The Hall–Kier alpha value is -2.70. The van der Waals surface area contributed by atoms with Crippen LogP contribution in [0.5, 0.6) is 0 Å². The first-order chi connectivity index (χ1) is 8.11. The Morgan fingerprint density at radius 3 is 2.12 bits per heavy atom. The van der Waals surface area contributed by atoms with Crippen LogP contribution in [-0.2, 0) is 0 Å². The lowest BCUT2D eigenvalue weighted by Crippen LogP contribution is -2.35. The van der Waals surface area contributed by atoms with E-state index in [0.717, 1.165) is 0 Å². The topological polar surface area (TPSA) is 89.5 Å². The quantitative estimate of drug-likeness (QED) is 0.597. The third-order valence-electron chi connectivity index (χ3n) is 2.29. The van der Waals surface area contributed by atoms with Gasteiger partial charge < -0.3 is 0 Å². The first kappa shape index (κ1) is 10.8. The van der Waals surface area contributed by atoms with E-state index in [2.05, 4.69) is 0 Å². The van der Waals surface area contributed by atoms with Crippen LogP contribution < -0.4 is 5.12 Å². The van der Waals surface area contributed by atoms with Gasteiger partial charge >= 0.3 is 0 Å². The molecule has 0 spiro atoms. The highest BCUT2D eigenvalue weighted by molar-refractivity contribution is 5.93. The number of nitro groups is 2. The highest BCUT2D eigenvalue weighted by Crippen LogP contribution is 2.26. The SMILES string of the molecule is O=[N+]([O-])N(c1cccc2ccccc12)[N+](=O)[O-]. The van der Waals surface area contributed by atoms with E-state index in [1.165, 1.54) is 12.1 Å². The van der Waals surface area contributed by atoms with Gasteiger partial charge in [-0.05, 0) is 11.5 Å². The Morgan fingerprint density at radius 2 is 1.47 bits per heavy atom. The fourth-order valence-electron chi connectivity index (χ4n) is 1.62. The maximum atomic E-state index is 10.7. The molecule has 2 rings (SSSR count). The lowest BCUT2D eigenvalue weighted by molar-refractivity contribution is -0.711. The molecule has 2 aromatic carbocycles. The van der Waals surface area contributed by atoms with Gasteiger partial charge in [0.25, 0.3) is 0 Å².